The zero-order valence-corrected chi connectivity index (χ0v) is 34.6. The standard InChI is InChI=1S/C55H37N5OS/c1-34-13-5-6-16-39(34)40-30-31-44-41-17-7-10-20-47(41)60(51(44)43(40)29-25-35-23-26-37(27-24-35)54-56-46-19-9-12-22-50(46)62-54)55-58-52(36-14-3-2-4-15-36)57-53(59-55)38-28-32-49-45(33-38)42-18-8-11-21-48(42)61-49/h2-24,26-28,30-33H,25,29H2,1H3. The van der Waals surface area contributed by atoms with E-state index in [0.29, 0.717) is 17.6 Å². The number of thiazole rings is 1. The molecule has 4 aromatic heterocycles. The SMILES string of the molecule is Cc1ccccc1-c1ccc2c3ccccc3n(-c3nc(-c4ccccc4)nc(-c4ccc5oc6ccccc6c5c4)n3)c2c1CCc1ccc(-c2nc3ccccc3s2)cc1. The minimum atomic E-state index is 0.570. The molecule has 6 nitrogen and oxygen atoms in total. The van der Waals surface area contributed by atoms with Crippen molar-refractivity contribution < 1.29 is 4.42 Å². The molecule has 62 heavy (non-hydrogen) atoms. The molecule has 0 aliphatic carbocycles. The van der Waals surface area contributed by atoms with Gasteiger partial charge < -0.3 is 4.42 Å². The van der Waals surface area contributed by atoms with Crippen molar-refractivity contribution in [1.82, 2.24) is 24.5 Å². The molecule has 12 rings (SSSR count). The summed E-state index contributed by atoms with van der Waals surface area (Å²) in [5.41, 5.74) is 14.0. The number of nitrogens with zero attached hydrogens (tertiary/aromatic N) is 5. The van der Waals surface area contributed by atoms with E-state index in [0.717, 1.165) is 83.8 Å². The number of aromatic nitrogens is 5. The Balaban J connectivity index is 1.06. The molecule has 0 unspecified atom stereocenters. The minimum Gasteiger partial charge on any atom is -0.456 e. The molecule has 0 aliphatic heterocycles. The largest absolute Gasteiger partial charge is 0.456 e. The van der Waals surface area contributed by atoms with Crippen LogP contribution in [0.15, 0.2) is 186 Å². The number of hydrogen-bond donors (Lipinski definition) is 0. The van der Waals surface area contributed by atoms with Crippen LogP contribution >= 0.6 is 11.3 Å². The van der Waals surface area contributed by atoms with Crippen LogP contribution in [0.5, 0.6) is 0 Å². The third-order valence-corrected chi connectivity index (χ3v) is 13.1. The topological polar surface area (TPSA) is 69.6 Å². The number of para-hydroxylation sites is 3. The summed E-state index contributed by atoms with van der Waals surface area (Å²) in [6, 6.07) is 63.8. The lowest BCUT2D eigenvalue weighted by molar-refractivity contribution is 0.669. The van der Waals surface area contributed by atoms with Gasteiger partial charge in [0.2, 0.25) is 5.95 Å². The van der Waals surface area contributed by atoms with Crippen LogP contribution in [0.2, 0.25) is 0 Å². The maximum Gasteiger partial charge on any atom is 0.238 e. The highest BCUT2D eigenvalue weighted by molar-refractivity contribution is 7.21. The van der Waals surface area contributed by atoms with Crippen LogP contribution in [0.3, 0.4) is 0 Å². The average Bonchev–Trinajstić information content (AvgIpc) is 4.03. The van der Waals surface area contributed by atoms with E-state index in [1.165, 1.54) is 32.5 Å². The van der Waals surface area contributed by atoms with Gasteiger partial charge in [0.25, 0.3) is 0 Å². The van der Waals surface area contributed by atoms with Crippen molar-refractivity contribution in [2.45, 2.75) is 19.8 Å². The summed E-state index contributed by atoms with van der Waals surface area (Å²) >= 11 is 1.74. The number of hydrogen-bond acceptors (Lipinski definition) is 6. The Kier molecular flexibility index (Phi) is 8.61. The summed E-state index contributed by atoms with van der Waals surface area (Å²) < 4.78 is 9.70. The average molecular weight is 816 g/mol. The van der Waals surface area contributed by atoms with Crippen LogP contribution < -0.4 is 0 Å². The van der Waals surface area contributed by atoms with Crippen LogP contribution in [0, 0.1) is 6.92 Å². The first-order valence-corrected chi connectivity index (χ1v) is 21.7. The Morgan fingerprint density at radius 2 is 1.21 bits per heavy atom. The van der Waals surface area contributed by atoms with E-state index >= 15 is 0 Å². The minimum absolute atomic E-state index is 0.570. The van der Waals surface area contributed by atoms with Gasteiger partial charge in [-0.3, -0.25) is 4.57 Å². The van der Waals surface area contributed by atoms with Gasteiger partial charge in [0.1, 0.15) is 16.2 Å². The molecule has 0 saturated carbocycles. The predicted molar refractivity (Wildman–Crippen MR) is 255 cm³/mol. The predicted octanol–water partition coefficient (Wildman–Crippen LogP) is 14.2. The lowest BCUT2D eigenvalue weighted by atomic mass is 9.90. The fraction of sp³-hybridized carbons (Fsp3) is 0.0545. The van der Waals surface area contributed by atoms with E-state index in [4.69, 9.17) is 24.4 Å². The van der Waals surface area contributed by atoms with Gasteiger partial charge >= 0.3 is 0 Å². The molecule has 8 aromatic carbocycles. The summed E-state index contributed by atoms with van der Waals surface area (Å²) in [7, 11) is 0. The van der Waals surface area contributed by atoms with Gasteiger partial charge in [-0.2, -0.15) is 9.97 Å². The lowest BCUT2D eigenvalue weighted by Gasteiger charge is -2.17. The van der Waals surface area contributed by atoms with Gasteiger partial charge in [-0.25, -0.2) is 9.97 Å². The Hall–Kier alpha value is -7.74. The van der Waals surface area contributed by atoms with E-state index in [2.05, 4.69) is 139 Å². The van der Waals surface area contributed by atoms with Crippen LogP contribution in [0.4, 0.5) is 0 Å². The molecule has 0 bridgehead atoms. The third-order valence-electron chi connectivity index (χ3n) is 12.0. The van der Waals surface area contributed by atoms with E-state index < -0.39 is 0 Å². The first-order valence-electron chi connectivity index (χ1n) is 20.9. The molecule has 0 radical (unpaired) electrons. The van der Waals surface area contributed by atoms with Crippen molar-refractivity contribution in [2.24, 2.45) is 0 Å². The number of benzene rings is 8. The molecule has 0 spiro atoms. The number of aryl methyl sites for hydroxylation is 3. The molecule has 0 N–H and O–H groups in total. The van der Waals surface area contributed by atoms with Gasteiger partial charge in [0.05, 0.1) is 21.3 Å². The Bertz CT molecular complexity index is 3630. The molecule has 0 aliphatic rings. The summed E-state index contributed by atoms with van der Waals surface area (Å²) in [5.74, 6) is 1.77. The van der Waals surface area contributed by atoms with E-state index in [-0.39, 0.29) is 0 Å². The zero-order valence-electron chi connectivity index (χ0n) is 33.8. The molecule has 294 valence electrons. The van der Waals surface area contributed by atoms with Crippen molar-refractivity contribution >= 4 is 65.3 Å². The third kappa shape index (κ3) is 6.16. The van der Waals surface area contributed by atoms with Crippen molar-refractivity contribution in [3.8, 4) is 50.4 Å². The Morgan fingerprint density at radius 3 is 2.06 bits per heavy atom. The van der Waals surface area contributed by atoms with Gasteiger partial charge in [-0.15, -0.1) is 11.3 Å². The van der Waals surface area contributed by atoms with Crippen LogP contribution in [0.1, 0.15) is 16.7 Å². The van der Waals surface area contributed by atoms with Crippen molar-refractivity contribution in [3.05, 3.63) is 199 Å². The second-order valence-corrected chi connectivity index (χ2v) is 16.8. The normalized spacial score (nSPS) is 11.8. The molecule has 7 heteroatoms. The molecule has 4 heterocycles. The molecule has 0 saturated heterocycles. The van der Waals surface area contributed by atoms with Crippen molar-refractivity contribution in [2.75, 3.05) is 0 Å². The maximum atomic E-state index is 6.22. The first kappa shape index (κ1) is 36.1. The van der Waals surface area contributed by atoms with Crippen LogP contribution in [-0.4, -0.2) is 24.5 Å². The smallest absolute Gasteiger partial charge is 0.238 e. The monoisotopic (exact) mass is 815 g/mol. The molecule has 0 fully saturated rings. The molecule has 0 atom stereocenters. The quantitative estimate of drug-likeness (QED) is 0.153. The highest BCUT2D eigenvalue weighted by Crippen LogP contribution is 2.40. The first-order chi connectivity index (χ1) is 30.6. The number of rotatable bonds is 8. The number of fused-ring (bicyclic) bond motifs is 7. The Morgan fingerprint density at radius 1 is 0.500 bits per heavy atom. The van der Waals surface area contributed by atoms with Crippen LogP contribution in [-0.2, 0) is 12.8 Å². The zero-order chi connectivity index (χ0) is 41.1. The van der Waals surface area contributed by atoms with Crippen molar-refractivity contribution in [3.63, 3.8) is 0 Å². The molecule has 0 amide bonds. The fourth-order valence-electron chi connectivity index (χ4n) is 8.97. The maximum absolute atomic E-state index is 6.22. The van der Waals surface area contributed by atoms with Gasteiger partial charge in [0, 0.05) is 38.2 Å². The van der Waals surface area contributed by atoms with Crippen molar-refractivity contribution in [1.29, 1.82) is 0 Å². The molecule has 12 aromatic rings. The highest BCUT2D eigenvalue weighted by Gasteiger charge is 2.23. The van der Waals surface area contributed by atoms with E-state index in [9.17, 15) is 0 Å². The molecular weight excluding hydrogens is 779 g/mol. The summed E-state index contributed by atoms with van der Waals surface area (Å²) in [5, 5.41) is 5.43. The lowest BCUT2D eigenvalue weighted by Crippen LogP contribution is -2.08. The van der Waals surface area contributed by atoms with Gasteiger partial charge in [0.15, 0.2) is 11.6 Å². The molecular formula is C55H37N5OS. The van der Waals surface area contributed by atoms with Gasteiger partial charge in [-0.1, -0.05) is 140 Å². The highest BCUT2D eigenvalue weighted by atomic mass is 32.1. The summed E-state index contributed by atoms with van der Waals surface area (Å²) in [6.45, 7) is 2.20. The summed E-state index contributed by atoms with van der Waals surface area (Å²) in [6.07, 6.45) is 1.64. The Labute approximate surface area is 361 Å². The second kappa shape index (κ2) is 14.8. The van der Waals surface area contributed by atoms with E-state index in [1.54, 1.807) is 11.3 Å². The van der Waals surface area contributed by atoms with Crippen LogP contribution in [0.25, 0.3) is 104 Å². The summed E-state index contributed by atoms with van der Waals surface area (Å²) in [4.78, 5) is 20.8. The second-order valence-electron chi connectivity index (χ2n) is 15.8. The van der Waals surface area contributed by atoms with Gasteiger partial charge in [-0.05, 0) is 90.0 Å². The fourth-order valence-corrected chi connectivity index (χ4v) is 9.94. The number of furan rings is 1. The van der Waals surface area contributed by atoms with E-state index in [1.807, 2.05) is 54.6 Å².